The molecule has 0 amide bonds. The second-order valence-electron chi connectivity index (χ2n) is 4.75. The van der Waals surface area contributed by atoms with E-state index in [-0.39, 0.29) is 6.54 Å². The fraction of sp³-hybridized carbons (Fsp3) is 0.250. The van der Waals surface area contributed by atoms with E-state index in [4.69, 9.17) is 10.5 Å². The molecule has 5 heteroatoms. The largest absolute Gasteiger partial charge is 0.497 e. The summed E-state index contributed by atoms with van der Waals surface area (Å²) in [7, 11) is 1.55. The summed E-state index contributed by atoms with van der Waals surface area (Å²) < 4.78 is 43.3. The molecule has 0 spiro atoms. The van der Waals surface area contributed by atoms with Gasteiger partial charge in [0.2, 0.25) is 0 Å². The van der Waals surface area contributed by atoms with Gasteiger partial charge < -0.3 is 10.5 Å². The summed E-state index contributed by atoms with van der Waals surface area (Å²) in [5, 5.41) is 0. The fourth-order valence-electron chi connectivity index (χ4n) is 2.27. The molecule has 112 valence electrons. The summed E-state index contributed by atoms with van der Waals surface area (Å²) in [6, 6.07) is 9.11. The van der Waals surface area contributed by atoms with E-state index in [1.165, 1.54) is 6.07 Å². The Balaban J connectivity index is 2.52. The summed E-state index contributed by atoms with van der Waals surface area (Å²) in [5.74, 6) is 0.670. The van der Waals surface area contributed by atoms with Gasteiger partial charge in [0, 0.05) is 6.54 Å². The number of hydrogen-bond acceptors (Lipinski definition) is 2. The number of rotatable bonds is 3. The van der Waals surface area contributed by atoms with Crippen LogP contribution < -0.4 is 10.5 Å². The van der Waals surface area contributed by atoms with E-state index in [9.17, 15) is 13.2 Å². The van der Waals surface area contributed by atoms with Gasteiger partial charge in [-0.1, -0.05) is 12.1 Å². The van der Waals surface area contributed by atoms with Crippen LogP contribution in [0.1, 0.15) is 16.7 Å². The van der Waals surface area contributed by atoms with E-state index in [1.807, 2.05) is 6.07 Å². The smallest absolute Gasteiger partial charge is 0.416 e. The maximum absolute atomic E-state index is 12.7. The molecule has 0 fully saturated rings. The second kappa shape index (κ2) is 5.77. The highest BCUT2D eigenvalue weighted by atomic mass is 19.4. The molecule has 2 aromatic carbocycles. The standard InChI is InChI=1S/C16H16F3NO/c1-10-7-12(16(17,18)19)3-5-14(10)15-6-4-13(21-2)8-11(15)9-20/h3-8H,9,20H2,1-2H3. The van der Waals surface area contributed by atoms with Gasteiger partial charge >= 0.3 is 6.18 Å². The lowest BCUT2D eigenvalue weighted by molar-refractivity contribution is -0.137. The van der Waals surface area contributed by atoms with Crippen molar-refractivity contribution in [3.05, 3.63) is 53.1 Å². The highest BCUT2D eigenvalue weighted by molar-refractivity contribution is 5.72. The topological polar surface area (TPSA) is 35.2 Å². The normalized spacial score (nSPS) is 11.5. The SMILES string of the molecule is COc1ccc(-c2ccc(C(F)(F)F)cc2C)c(CN)c1. The number of aryl methyl sites for hydroxylation is 1. The van der Waals surface area contributed by atoms with E-state index in [1.54, 1.807) is 26.2 Å². The van der Waals surface area contributed by atoms with Gasteiger partial charge in [0.15, 0.2) is 0 Å². The van der Waals surface area contributed by atoms with Crippen LogP contribution in [0.15, 0.2) is 36.4 Å². The van der Waals surface area contributed by atoms with Crippen LogP contribution in [-0.4, -0.2) is 7.11 Å². The van der Waals surface area contributed by atoms with Crippen molar-refractivity contribution in [2.45, 2.75) is 19.6 Å². The molecule has 0 radical (unpaired) electrons. The maximum atomic E-state index is 12.7. The minimum atomic E-state index is -4.33. The van der Waals surface area contributed by atoms with Crippen LogP contribution in [0, 0.1) is 6.92 Å². The molecular formula is C16H16F3NO. The van der Waals surface area contributed by atoms with Gasteiger partial charge in [-0.25, -0.2) is 0 Å². The van der Waals surface area contributed by atoms with Gasteiger partial charge in [-0.3, -0.25) is 0 Å². The van der Waals surface area contributed by atoms with E-state index in [0.29, 0.717) is 11.3 Å². The van der Waals surface area contributed by atoms with Crippen LogP contribution in [0.25, 0.3) is 11.1 Å². The molecule has 21 heavy (non-hydrogen) atoms. The summed E-state index contributed by atoms with van der Waals surface area (Å²) in [4.78, 5) is 0. The Morgan fingerprint density at radius 2 is 1.71 bits per heavy atom. The summed E-state index contributed by atoms with van der Waals surface area (Å²) in [5.41, 5.74) is 8.03. The third-order valence-electron chi connectivity index (χ3n) is 3.38. The molecule has 2 N–H and O–H groups in total. The third kappa shape index (κ3) is 3.19. The van der Waals surface area contributed by atoms with Crippen LogP contribution in [0.3, 0.4) is 0 Å². The maximum Gasteiger partial charge on any atom is 0.416 e. The van der Waals surface area contributed by atoms with E-state index in [2.05, 4.69) is 0 Å². The van der Waals surface area contributed by atoms with Crippen molar-refractivity contribution in [1.82, 2.24) is 0 Å². The number of halogens is 3. The molecule has 0 aromatic heterocycles. The van der Waals surface area contributed by atoms with E-state index in [0.717, 1.165) is 28.8 Å². The van der Waals surface area contributed by atoms with Gasteiger partial charge in [0.05, 0.1) is 12.7 Å². The molecule has 0 saturated heterocycles. The highest BCUT2D eigenvalue weighted by Gasteiger charge is 2.30. The van der Waals surface area contributed by atoms with Crippen molar-refractivity contribution in [2.75, 3.05) is 7.11 Å². The van der Waals surface area contributed by atoms with Gasteiger partial charge in [0.1, 0.15) is 5.75 Å². The lowest BCUT2D eigenvalue weighted by Crippen LogP contribution is -2.06. The van der Waals surface area contributed by atoms with Gasteiger partial charge in [0.25, 0.3) is 0 Å². The second-order valence-corrected chi connectivity index (χ2v) is 4.75. The Labute approximate surface area is 121 Å². The van der Waals surface area contributed by atoms with Crippen LogP contribution in [0.2, 0.25) is 0 Å². The van der Waals surface area contributed by atoms with Crippen molar-refractivity contribution < 1.29 is 17.9 Å². The molecule has 2 aromatic rings. The molecule has 0 unspecified atom stereocenters. The van der Waals surface area contributed by atoms with E-state index >= 15 is 0 Å². The summed E-state index contributed by atoms with van der Waals surface area (Å²) >= 11 is 0. The molecular weight excluding hydrogens is 279 g/mol. The Morgan fingerprint density at radius 1 is 1.05 bits per heavy atom. The van der Waals surface area contributed by atoms with Crippen LogP contribution in [0.5, 0.6) is 5.75 Å². The lowest BCUT2D eigenvalue weighted by Gasteiger charge is -2.14. The molecule has 0 aliphatic heterocycles. The van der Waals surface area contributed by atoms with E-state index < -0.39 is 11.7 Å². The first-order valence-corrected chi connectivity index (χ1v) is 6.42. The first kappa shape index (κ1) is 15.4. The molecule has 0 heterocycles. The highest BCUT2D eigenvalue weighted by Crippen LogP contribution is 2.35. The van der Waals surface area contributed by atoms with Crippen LogP contribution in [-0.2, 0) is 12.7 Å². The molecule has 0 bridgehead atoms. The zero-order valence-electron chi connectivity index (χ0n) is 11.8. The third-order valence-corrected chi connectivity index (χ3v) is 3.38. The lowest BCUT2D eigenvalue weighted by atomic mass is 9.94. The minimum absolute atomic E-state index is 0.285. The first-order valence-electron chi connectivity index (χ1n) is 6.42. The first-order chi connectivity index (χ1) is 9.86. The Hall–Kier alpha value is -2.01. The van der Waals surface area contributed by atoms with Crippen molar-refractivity contribution >= 4 is 0 Å². The predicted molar refractivity (Wildman–Crippen MR) is 76.1 cm³/mol. The molecule has 0 atom stereocenters. The zero-order chi connectivity index (χ0) is 15.6. The summed E-state index contributed by atoms with van der Waals surface area (Å²) in [6.07, 6.45) is -4.33. The monoisotopic (exact) mass is 295 g/mol. The number of ether oxygens (including phenoxy) is 1. The van der Waals surface area contributed by atoms with Gasteiger partial charge in [-0.2, -0.15) is 13.2 Å². The Kier molecular flexibility index (Phi) is 4.23. The number of nitrogens with two attached hydrogens (primary N) is 1. The zero-order valence-corrected chi connectivity index (χ0v) is 11.8. The Morgan fingerprint density at radius 3 is 2.24 bits per heavy atom. The van der Waals surface area contributed by atoms with Crippen molar-refractivity contribution in [2.24, 2.45) is 5.73 Å². The number of benzene rings is 2. The average molecular weight is 295 g/mol. The molecule has 2 rings (SSSR count). The van der Waals surface area contributed by atoms with Gasteiger partial charge in [-0.15, -0.1) is 0 Å². The fourth-order valence-corrected chi connectivity index (χ4v) is 2.27. The van der Waals surface area contributed by atoms with Crippen molar-refractivity contribution in [3.63, 3.8) is 0 Å². The average Bonchev–Trinajstić information content (AvgIpc) is 2.45. The number of hydrogen-bond donors (Lipinski definition) is 1. The number of alkyl halides is 3. The number of methoxy groups -OCH3 is 1. The minimum Gasteiger partial charge on any atom is -0.497 e. The molecule has 0 saturated carbocycles. The molecule has 0 aliphatic rings. The van der Waals surface area contributed by atoms with Crippen molar-refractivity contribution in [1.29, 1.82) is 0 Å². The Bertz CT molecular complexity index is 650. The molecule has 2 nitrogen and oxygen atoms in total. The predicted octanol–water partition coefficient (Wildman–Crippen LogP) is 4.15. The summed E-state index contributed by atoms with van der Waals surface area (Å²) in [6.45, 7) is 1.95. The van der Waals surface area contributed by atoms with Gasteiger partial charge in [-0.05, 0) is 53.4 Å². The van der Waals surface area contributed by atoms with Crippen molar-refractivity contribution in [3.8, 4) is 16.9 Å². The van der Waals surface area contributed by atoms with Crippen LogP contribution in [0.4, 0.5) is 13.2 Å². The van der Waals surface area contributed by atoms with Crippen LogP contribution >= 0.6 is 0 Å². The molecule has 0 aliphatic carbocycles. The quantitative estimate of drug-likeness (QED) is 0.923.